The highest BCUT2D eigenvalue weighted by Gasteiger charge is 2.59. The molecule has 3 aliphatic rings. The molecule has 1 aromatic rings. The van der Waals surface area contributed by atoms with E-state index in [0.717, 1.165) is 24.6 Å². The summed E-state index contributed by atoms with van der Waals surface area (Å²) in [5.41, 5.74) is 0.948. The Morgan fingerprint density at radius 1 is 1.34 bits per heavy atom. The van der Waals surface area contributed by atoms with Crippen LogP contribution in [0.25, 0.3) is 0 Å². The SMILES string of the molecule is CN=C(NC(C)c1ccc(OCC2CC2)c(F)c1)NC1C2CCOC2C1(C)C.I. The maximum atomic E-state index is 14.4. The number of guanidine groups is 1. The third-order valence-corrected chi connectivity index (χ3v) is 6.60. The molecule has 0 radical (unpaired) electrons. The highest BCUT2D eigenvalue weighted by molar-refractivity contribution is 14.0. The first-order valence-corrected chi connectivity index (χ1v) is 10.4. The molecule has 1 aromatic carbocycles. The molecule has 4 atom stereocenters. The van der Waals surface area contributed by atoms with Gasteiger partial charge in [-0.15, -0.1) is 24.0 Å². The Kier molecular flexibility index (Phi) is 6.98. The Morgan fingerprint density at radius 2 is 2.10 bits per heavy atom. The van der Waals surface area contributed by atoms with Gasteiger partial charge >= 0.3 is 0 Å². The van der Waals surface area contributed by atoms with Crippen molar-refractivity contribution in [2.45, 2.75) is 58.2 Å². The lowest BCUT2D eigenvalue weighted by atomic mass is 9.57. The van der Waals surface area contributed by atoms with Gasteiger partial charge < -0.3 is 20.1 Å². The van der Waals surface area contributed by atoms with Gasteiger partial charge in [-0.1, -0.05) is 19.9 Å². The maximum Gasteiger partial charge on any atom is 0.191 e. The van der Waals surface area contributed by atoms with E-state index in [1.54, 1.807) is 19.2 Å². The quantitative estimate of drug-likeness (QED) is 0.336. The number of hydrogen-bond acceptors (Lipinski definition) is 3. The van der Waals surface area contributed by atoms with Crippen molar-refractivity contribution >= 4 is 29.9 Å². The summed E-state index contributed by atoms with van der Waals surface area (Å²) in [5, 5.41) is 6.97. The van der Waals surface area contributed by atoms with E-state index in [2.05, 4.69) is 29.5 Å². The normalized spacial score (nSPS) is 28.6. The van der Waals surface area contributed by atoms with Crippen LogP contribution in [0.1, 0.15) is 51.6 Å². The van der Waals surface area contributed by atoms with E-state index in [1.165, 1.54) is 12.8 Å². The fourth-order valence-electron chi connectivity index (χ4n) is 4.62. The number of benzene rings is 1. The number of aliphatic imine (C=N–C) groups is 1. The molecule has 0 aromatic heterocycles. The molecule has 1 saturated heterocycles. The summed E-state index contributed by atoms with van der Waals surface area (Å²) in [6, 6.07) is 5.47. The first-order valence-electron chi connectivity index (χ1n) is 10.4. The van der Waals surface area contributed by atoms with Gasteiger partial charge in [0.1, 0.15) is 0 Å². The van der Waals surface area contributed by atoms with Crippen molar-refractivity contribution < 1.29 is 13.9 Å². The molecule has 2 N–H and O–H groups in total. The first kappa shape index (κ1) is 22.6. The zero-order valence-corrected chi connectivity index (χ0v) is 20.0. The van der Waals surface area contributed by atoms with Crippen LogP contribution in [0.3, 0.4) is 0 Å². The molecule has 4 rings (SSSR count). The second kappa shape index (κ2) is 8.96. The molecule has 5 nitrogen and oxygen atoms in total. The molecule has 2 aliphatic carbocycles. The van der Waals surface area contributed by atoms with E-state index in [9.17, 15) is 4.39 Å². The van der Waals surface area contributed by atoms with Crippen molar-refractivity contribution in [3.63, 3.8) is 0 Å². The van der Waals surface area contributed by atoms with Crippen molar-refractivity contribution in [2.24, 2.45) is 22.2 Å². The minimum atomic E-state index is -0.305. The summed E-state index contributed by atoms with van der Waals surface area (Å²) >= 11 is 0. The van der Waals surface area contributed by atoms with Crippen LogP contribution in [0.5, 0.6) is 5.75 Å². The molecule has 162 valence electrons. The number of rotatable bonds is 6. The summed E-state index contributed by atoms with van der Waals surface area (Å²) in [6.07, 6.45) is 3.81. The summed E-state index contributed by atoms with van der Waals surface area (Å²) in [5.74, 6) is 1.92. The van der Waals surface area contributed by atoms with E-state index >= 15 is 0 Å². The van der Waals surface area contributed by atoms with Gasteiger partial charge in [0.05, 0.1) is 18.8 Å². The summed E-state index contributed by atoms with van der Waals surface area (Å²) in [6.45, 7) is 7.95. The van der Waals surface area contributed by atoms with E-state index in [-0.39, 0.29) is 41.3 Å². The van der Waals surface area contributed by atoms with Crippen molar-refractivity contribution in [3.05, 3.63) is 29.6 Å². The average Bonchev–Trinajstić information content (AvgIpc) is 3.39. The van der Waals surface area contributed by atoms with Crippen LogP contribution >= 0.6 is 24.0 Å². The van der Waals surface area contributed by atoms with E-state index < -0.39 is 0 Å². The van der Waals surface area contributed by atoms with Crippen LogP contribution in [0.4, 0.5) is 4.39 Å². The first-order chi connectivity index (χ1) is 13.4. The van der Waals surface area contributed by atoms with Gasteiger partial charge in [0.15, 0.2) is 17.5 Å². The second-order valence-electron chi connectivity index (χ2n) is 9.07. The number of nitrogens with zero attached hydrogens (tertiary/aromatic N) is 1. The molecular formula is C22H33FIN3O2. The average molecular weight is 517 g/mol. The summed E-state index contributed by atoms with van der Waals surface area (Å²) in [7, 11) is 1.77. The Bertz CT molecular complexity index is 754. The summed E-state index contributed by atoms with van der Waals surface area (Å²) < 4.78 is 25.9. The maximum absolute atomic E-state index is 14.4. The van der Waals surface area contributed by atoms with Gasteiger partial charge in [-0.25, -0.2) is 4.39 Å². The Balaban J connectivity index is 0.00000240. The molecule has 3 fully saturated rings. The smallest absolute Gasteiger partial charge is 0.191 e. The predicted molar refractivity (Wildman–Crippen MR) is 123 cm³/mol. The Labute approximate surface area is 190 Å². The van der Waals surface area contributed by atoms with E-state index in [1.807, 2.05) is 13.0 Å². The number of fused-ring (bicyclic) bond motifs is 1. The molecule has 4 unspecified atom stereocenters. The van der Waals surface area contributed by atoms with Gasteiger partial charge in [0, 0.05) is 31.0 Å². The van der Waals surface area contributed by atoms with Crippen LogP contribution in [0.2, 0.25) is 0 Å². The molecule has 1 aliphatic heterocycles. The molecular weight excluding hydrogens is 484 g/mol. The largest absolute Gasteiger partial charge is 0.490 e. The monoisotopic (exact) mass is 517 g/mol. The molecule has 29 heavy (non-hydrogen) atoms. The van der Waals surface area contributed by atoms with Crippen LogP contribution in [-0.4, -0.2) is 38.4 Å². The fourth-order valence-corrected chi connectivity index (χ4v) is 4.62. The van der Waals surface area contributed by atoms with Crippen LogP contribution in [-0.2, 0) is 4.74 Å². The lowest BCUT2D eigenvalue weighted by molar-refractivity contribution is -0.106. The van der Waals surface area contributed by atoms with Crippen LogP contribution in [0, 0.1) is 23.1 Å². The van der Waals surface area contributed by atoms with Gasteiger partial charge in [0.25, 0.3) is 0 Å². The Hall–Kier alpha value is -1.09. The zero-order chi connectivity index (χ0) is 19.9. The number of ether oxygens (including phenoxy) is 2. The zero-order valence-electron chi connectivity index (χ0n) is 17.7. The third-order valence-electron chi connectivity index (χ3n) is 6.60. The number of nitrogens with one attached hydrogen (secondary N) is 2. The summed E-state index contributed by atoms with van der Waals surface area (Å²) in [4.78, 5) is 4.39. The minimum Gasteiger partial charge on any atom is -0.490 e. The van der Waals surface area contributed by atoms with Gasteiger partial charge in [-0.05, 0) is 49.8 Å². The fraction of sp³-hybridized carbons (Fsp3) is 0.682. The predicted octanol–water partition coefficient (Wildman–Crippen LogP) is 4.27. The third kappa shape index (κ3) is 4.65. The van der Waals surface area contributed by atoms with Crippen molar-refractivity contribution in [3.8, 4) is 5.75 Å². The Morgan fingerprint density at radius 3 is 2.76 bits per heavy atom. The van der Waals surface area contributed by atoms with Crippen LogP contribution in [0.15, 0.2) is 23.2 Å². The highest BCUT2D eigenvalue weighted by atomic mass is 127. The molecule has 0 spiro atoms. The van der Waals surface area contributed by atoms with Gasteiger partial charge in [-0.2, -0.15) is 0 Å². The van der Waals surface area contributed by atoms with Gasteiger partial charge in [0.2, 0.25) is 0 Å². The lowest BCUT2D eigenvalue weighted by Crippen LogP contribution is -2.68. The molecule has 1 heterocycles. The number of hydrogen-bond donors (Lipinski definition) is 2. The van der Waals surface area contributed by atoms with Crippen molar-refractivity contribution in [1.29, 1.82) is 0 Å². The number of halogens is 2. The topological polar surface area (TPSA) is 54.9 Å². The standard InChI is InChI=1S/C22H32FN3O2.HI/c1-13(15-7-8-18(17(23)11-15)28-12-14-5-6-14)25-21(24-4)26-19-16-9-10-27-20(16)22(19,2)3;/h7-8,11,13-14,16,19-20H,5-6,9-10,12H2,1-4H3,(H2,24,25,26);1H. The second-order valence-corrected chi connectivity index (χ2v) is 9.07. The molecule has 7 heteroatoms. The highest BCUT2D eigenvalue weighted by Crippen LogP contribution is 2.52. The molecule has 0 amide bonds. The van der Waals surface area contributed by atoms with E-state index in [4.69, 9.17) is 9.47 Å². The van der Waals surface area contributed by atoms with Crippen molar-refractivity contribution in [2.75, 3.05) is 20.3 Å². The lowest BCUT2D eigenvalue weighted by Gasteiger charge is -2.55. The molecule has 0 bridgehead atoms. The molecule has 2 saturated carbocycles. The van der Waals surface area contributed by atoms with Crippen LogP contribution < -0.4 is 15.4 Å². The van der Waals surface area contributed by atoms with E-state index in [0.29, 0.717) is 36.3 Å². The van der Waals surface area contributed by atoms with Crippen molar-refractivity contribution in [1.82, 2.24) is 10.6 Å². The minimum absolute atomic E-state index is 0. The van der Waals surface area contributed by atoms with Gasteiger partial charge in [-0.3, -0.25) is 4.99 Å².